The van der Waals surface area contributed by atoms with Gasteiger partial charge < -0.3 is 10.3 Å². The number of fused-ring (bicyclic) bond motifs is 2. The van der Waals surface area contributed by atoms with Crippen LogP contribution < -0.4 is 5.32 Å². The number of H-pyrrole nitrogens is 1. The summed E-state index contributed by atoms with van der Waals surface area (Å²) in [7, 11) is 0. The fourth-order valence-corrected chi connectivity index (χ4v) is 6.04. The van der Waals surface area contributed by atoms with Gasteiger partial charge in [0.2, 0.25) is 0 Å². The van der Waals surface area contributed by atoms with Crippen LogP contribution in [-0.2, 0) is 0 Å². The monoisotopic (exact) mass is 524 g/mol. The molecule has 2 saturated carbocycles. The van der Waals surface area contributed by atoms with Crippen molar-refractivity contribution in [2.75, 3.05) is 0 Å². The average Bonchev–Trinajstić information content (AvgIpc) is 3.28. The molecule has 38 heavy (non-hydrogen) atoms. The van der Waals surface area contributed by atoms with E-state index >= 15 is 0 Å². The molecule has 2 fully saturated rings. The van der Waals surface area contributed by atoms with E-state index in [0.717, 1.165) is 30.2 Å². The highest BCUT2D eigenvalue weighted by Crippen LogP contribution is 2.48. The van der Waals surface area contributed by atoms with Crippen LogP contribution in [0.1, 0.15) is 78.5 Å². The van der Waals surface area contributed by atoms with E-state index in [2.05, 4.69) is 20.3 Å². The van der Waals surface area contributed by atoms with Crippen molar-refractivity contribution in [1.82, 2.24) is 20.3 Å². The molecule has 5 nitrogen and oxygen atoms in total. The summed E-state index contributed by atoms with van der Waals surface area (Å²) >= 11 is 0. The largest absolute Gasteiger partial charge is 0.399 e. The van der Waals surface area contributed by atoms with E-state index in [1.54, 1.807) is 30.5 Å². The lowest BCUT2D eigenvalue weighted by Gasteiger charge is -2.34. The van der Waals surface area contributed by atoms with Crippen LogP contribution >= 0.6 is 0 Å². The Balaban J connectivity index is 1.23. The topological polar surface area (TPSA) is 70.7 Å². The first kappa shape index (κ1) is 24.8. The Kier molecular flexibility index (Phi) is 6.32. The number of hydrogen-bond donors (Lipinski definition) is 2. The van der Waals surface area contributed by atoms with Crippen molar-refractivity contribution in [2.45, 2.75) is 69.0 Å². The van der Waals surface area contributed by atoms with Crippen LogP contribution in [0.4, 0.5) is 17.6 Å². The van der Waals surface area contributed by atoms with Crippen molar-refractivity contribution in [2.24, 2.45) is 5.92 Å². The number of pyridine rings is 1. The molecular weight excluding hydrogens is 496 g/mol. The van der Waals surface area contributed by atoms with Crippen LogP contribution in [0.2, 0.25) is 0 Å². The molecule has 2 N–H and O–H groups in total. The molecule has 0 unspecified atom stereocenters. The maximum absolute atomic E-state index is 14.4. The average molecular weight is 525 g/mol. The van der Waals surface area contributed by atoms with Crippen molar-refractivity contribution in [1.29, 1.82) is 0 Å². The van der Waals surface area contributed by atoms with E-state index in [9.17, 15) is 22.4 Å². The van der Waals surface area contributed by atoms with Gasteiger partial charge in [0.25, 0.3) is 5.91 Å². The van der Waals surface area contributed by atoms with E-state index in [4.69, 9.17) is 0 Å². The van der Waals surface area contributed by atoms with E-state index in [1.165, 1.54) is 12.1 Å². The van der Waals surface area contributed by atoms with Crippen molar-refractivity contribution in [3.63, 3.8) is 0 Å². The number of benzene rings is 2. The molecule has 2 aliphatic carbocycles. The van der Waals surface area contributed by atoms with Gasteiger partial charge in [0.05, 0.1) is 16.6 Å². The summed E-state index contributed by atoms with van der Waals surface area (Å²) in [6.45, 7) is 0. The van der Waals surface area contributed by atoms with Gasteiger partial charge in [-0.15, -0.1) is 0 Å². The molecule has 4 aromatic rings. The van der Waals surface area contributed by atoms with Gasteiger partial charge in [0, 0.05) is 23.2 Å². The second kappa shape index (κ2) is 9.67. The summed E-state index contributed by atoms with van der Waals surface area (Å²) in [5, 5.41) is 3.67. The number of halogens is 4. The van der Waals surface area contributed by atoms with Crippen molar-refractivity contribution < 1.29 is 22.4 Å². The fraction of sp³-hybridized carbons (Fsp3) is 0.414. The van der Waals surface area contributed by atoms with E-state index in [-0.39, 0.29) is 29.5 Å². The third kappa shape index (κ3) is 4.74. The Morgan fingerprint density at radius 1 is 0.974 bits per heavy atom. The van der Waals surface area contributed by atoms with E-state index in [0.29, 0.717) is 47.8 Å². The Labute approximate surface area is 217 Å². The van der Waals surface area contributed by atoms with Gasteiger partial charge in [-0.05, 0) is 105 Å². The first-order valence-corrected chi connectivity index (χ1v) is 13.2. The summed E-state index contributed by atoms with van der Waals surface area (Å²) in [6, 6.07) is 11.3. The van der Waals surface area contributed by atoms with Crippen LogP contribution in [0, 0.1) is 11.7 Å². The summed E-state index contributed by atoms with van der Waals surface area (Å²) in [4.78, 5) is 24.1. The van der Waals surface area contributed by atoms with Crippen molar-refractivity contribution >= 4 is 27.8 Å². The lowest BCUT2D eigenvalue weighted by atomic mass is 9.73. The number of nitrogens with zero attached hydrogens (tertiary/aromatic N) is 2. The minimum Gasteiger partial charge on any atom is -0.349 e. The first-order valence-electron chi connectivity index (χ1n) is 13.2. The smallest absolute Gasteiger partial charge is 0.349 e. The molecular formula is C29H28F4N4O. The Morgan fingerprint density at radius 2 is 1.76 bits per heavy atom. The predicted molar refractivity (Wildman–Crippen MR) is 136 cm³/mol. The van der Waals surface area contributed by atoms with Gasteiger partial charge in [-0.3, -0.25) is 9.78 Å². The lowest BCUT2D eigenvalue weighted by molar-refractivity contribution is -0.166. The van der Waals surface area contributed by atoms with Gasteiger partial charge in [-0.2, -0.15) is 13.2 Å². The van der Waals surface area contributed by atoms with Gasteiger partial charge >= 0.3 is 6.18 Å². The van der Waals surface area contributed by atoms with Crippen LogP contribution in [-0.4, -0.2) is 33.1 Å². The number of aromatic amines is 1. The minimum atomic E-state index is -4.47. The number of nitrogens with one attached hydrogen (secondary N) is 2. The second-order valence-electron chi connectivity index (χ2n) is 10.6. The molecule has 2 heterocycles. The fourth-order valence-electron chi connectivity index (χ4n) is 6.04. The molecule has 0 radical (unpaired) electrons. The van der Waals surface area contributed by atoms with E-state index < -0.39 is 18.0 Å². The zero-order valence-electron chi connectivity index (χ0n) is 20.7. The van der Waals surface area contributed by atoms with Crippen molar-refractivity contribution in [3.8, 4) is 0 Å². The number of alkyl halides is 3. The van der Waals surface area contributed by atoms with Crippen LogP contribution in [0.25, 0.3) is 21.9 Å². The summed E-state index contributed by atoms with van der Waals surface area (Å²) in [5.74, 6) is -3.00. The first-order chi connectivity index (χ1) is 18.3. The van der Waals surface area contributed by atoms with Crippen LogP contribution in [0.5, 0.6) is 0 Å². The molecule has 9 heteroatoms. The lowest BCUT2D eigenvalue weighted by Crippen LogP contribution is -2.39. The highest BCUT2D eigenvalue weighted by atomic mass is 19.4. The Bertz CT molecular complexity index is 1490. The molecule has 0 spiro atoms. The number of imidazole rings is 1. The maximum atomic E-state index is 14.4. The summed E-state index contributed by atoms with van der Waals surface area (Å²) in [6.07, 6.45) is 2.08. The molecule has 1 amide bonds. The summed E-state index contributed by atoms with van der Waals surface area (Å²) < 4.78 is 57.2. The predicted octanol–water partition coefficient (Wildman–Crippen LogP) is 7.15. The second-order valence-corrected chi connectivity index (χ2v) is 10.6. The third-order valence-electron chi connectivity index (χ3n) is 8.27. The van der Waals surface area contributed by atoms with Crippen LogP contribution in [0.3, 0.4) is 0 Å². The normalized spacial score (nSPS) is 21.4. The Hall–Kier alpha value is -3.49. The standard InChI is InChI=1S/C29H28F4N4O/c30-19-9-11-23-22(15-19)21(12-13-34-23)16-4-6-17(7-5-16)26(29(31,32)33)27-36-24-10-8-18(14-25(24)37-27)28(38)35-20-2-1-3-20/h8-17,20,26H,1-7H2,(H,35,38)(H,36,37)/t16?,17?,26-/m1/s1. The molecule has 2 aliphatic rings. The van der Waals surface area contributed by atoms with Crippen molar-refractivity contribution in [3.05, 3.63) is 71.4 Å². The highest BCUT2D eigenvalue weighted by molar-refractivity contribution is 5.97. The molecule has 2 aromatic carbocycles. The molecule has 2 aromatic heterocycles. The molecule has 198 valence electrons. The highest BCUT2D eigenvalue weighted by Gasteiger charge is 2.48. The number of rotatable bonds is 5. The molecule has 0 aliphatic heterocycles. The number of amides is 1. The number of hydrogen-bond acceptors (Lipinski definition) is 3. The zero-order valence-corrected chi connectivity index (χ0v) is 20.7. The quantitative estimate of drug-likeness (QED) is 0.272. The van der Waals surface area contributed by atoms with Gasteiger partial charge in [0.15, 0.2) is 0 Å². The Morgan fingerprint density at radius 3 is 2.47 bits per heavy atom. The molecule has 0 saturated heterocycles. The minimum absolute atomic E-state index is 0.0415. The molecule has 0 bridgehead atoms. The third-order valence-corrected chi connectivity index (χ3v) is 8.27. The summed E-state index contributed by atoms with van der Waals surface area (Å²) in [5.41, 5.74) is 2.85. The van der Waals surface area contributed by atoms with Gasteiger partial charge in [0.1, 0.15) is 17.6 Å². The van der Waals surface area contributed by atoms with Gasteiger partial charge in [-0.1, -0.05) is 0 Å². The maximum Gasteiger partial charge on any atom is 0.399 e. The molecule has 6 rings (SSSR count). The molecule has 1 atom stereocenters. The van der Waals surface area contributed by atoms with Crippen LogP contribution in [0.15, 0.2) is 48.7 Å². The number of carbonyl (C=O) groups is 1. The number of carbonyl (C=O) groups excluding carboxylic acids is 1. The van der Waals surface area contributed by atoms with E-state index in [1.807, 2.05) is 6.07 Å². The van der Waals surface area contributed by atoms with Gasteiger partial charge in [-0.25, -0.2) is 9.37 Å². The zero-order chi connectivity index (χ0) is 26.4. The number of aromatic nitrogens is 3. The SMILES string of the molecule is O=C(NC1CCC1)c1ccc2[nH]c([C@@H](C3CCC(c4ccnc5ccc(F)cc45)CC3)C(F)(F)F)nc2c1.